The van der Waals surface area contributed by atoms with Crippen molar-refractivity contribution in [2.45, 2.75) is 39.7 Å². The number of Topliss-reactive ketones (excluding diaryl/α,β-unsaturated/α-hetero) is 2. The Morgan fingerprint density at radius 2 is 2.03 bits per heavy atom. The van der Waals surface area contributed by atoms with E-state index in [4.69, 9.17) is 4.74 Å². The summed E-state index contributed by atoms with van der Waals surface area (Å²) >= 11 is 0. The van der Waals surface area contributed by atoms with E-state index in [1.54, 1.807) is 14.0 Å². The number of allylic oxidation sites excluding steroid dienone is 2. The van der Waals surface area contributed by atoms with Crippen LogP contribution in [0.1, 0.15) is 46.8 Å². The number of aryl methyl sites for hydroxylation is 2. The Hall–Kier alpha value is -3.14. The van der Waals surface area contributed by atoms with Gasteiger partial charge >= 0.3 is 0 Å². The van der Waals surface area contributed by atoms with Gasteiger partial charge in [-0.15, -0.1) is 0 Å². The highest BCUT2D eigenvalue weighted by Crippen LogP contribution is 2.35. The fourth-order valence-corrected chi connectivity index (χ4v) is 4.67. The van der Waals surface area contributed by atoms with E-state index in [0.29, 0.717) is 6.42 Å². The van der Waals surface area contributed by atoms with Crippen LogP contribution in [0.25, 0.3) is 0 Å². The third-order valence-electron chi connectivity index (χ3n) is 6.32. The fraction of sp³-hybridized carbons (Fsp3) is 0.333. The van der Waals surface area contributed by atoms with E-state index < -0.39 is 0 Å². The second-order valence-corrected chi connectivity index (χ2v) is 8.61. The van der Waals surface area contributed by atoms with Gasteiger partial charge < -0.3 is 9.64 Å². The van der Waals surface area contributed by atoms with Crippen molar-refractivity contribution in [2.24, 2.45) is 11.8 Å². The van der Waals surface area contributed by atoms with Crippen LogP contribution in [0.15, 0.2) is 66.5 Å². The van der Waals surface area contributed by atoms with Gasteiger partial charge in [0.1, 0.15) is 5.75 Å². The molecule has 2 aliphatic rings. The van der Waals surface area contributed by atoms with E-state index in [1.165, 1.54) is 11.1 Å². The lowest BCUT2D eigenvalue weighted by Gasteiger charge is -2.30. The maximum absolute atomic E-state index is 13.1. The first-order valence-corrected chi connectivity index (χ1v) is 10.9. The van der Waals surface area contributed by atoms with Gasteiger partial charge in [-0.2, -0.15) is 0 Å². The van der Waals surface area contributed by atoms with E-state index in [-0.39, 0.29) is 23.4 Å². The molecule has 0 amide bonds. The number of hydrogen-bond donors (Lipinski definition) is 0. The molecule has 0 N–H and O–H groups in total. The number of ketones is 2. The minimum atomic E-state index is -0.0679. The minimum Gasteiger partial charge on any atom is -0.497 e. The number of carbonyl (C=O) groups excluding carboxylic acids is 2. The lowest BCUT2D eigenvalue weighted by atomic mass is 9.76. The summed E-state index contributed by atoms with van der Waals surface area (Å²) in [5, 5.41) is 0. The molecule has 0 saturated heterocycles. The van der Waals surface area contributed by atoms with E-state index in [9.17, 15) is 9.59 Å². The smallest absolute Gasteiger partial charge is 0.166 e. The molecule has 2 unspecified atom stereocenters. The topological polar surface area (TPSA) is 46.6 Å². The largest absolute Gasteiger partial charge is 0.497 e. The Bertz CT molecular complexity index is 1070. The first-order valence-electron chi connectivity index (χ1n) is 10.9. The molecule has 1 heterocycles. The van der Waals surface area contributed by atoms with E-state index in [1.807, 2.05) is 30.6 Å². The van der Waals surface area contributed by atoms with E-state index in [0.717, 1.165) is 41.8 Å². The zero-order valence-electron chi connectivity index (χ0n) is 18.4. The molecule has 4 nitrogen and oxygen atoms in total. The van der Waals surface area contributed by atoms with Crippen LogP contribution in [-0.2, 0) is 17.8 Å². The first-order chi connectivity index (χ1) is 14.9. The molecule has 0 fully saturated rings. The van der Waals surface area contributed by atoms with Crippen molar-refractivity contribution in [1.82, 2.24) is 4.90 Å². The number of ether oxygens (including phenoxy) is 1. The van der Waals surface area contributed by atoms with Gasteiger partial charge in [0.25, 0.3) is 0 Å². The van der Waals surface area contributed by atoms with Gasteiger partial charge in [-0.05, 0) is 62.4 Å². The van der Waals surface area contributed by atoms with Crippen molar-refractivity contribution in [2.75, 3.05) is 7.11 Å². The predicted octanol–water partition coefficient (Wildman–Crippen LogP) is 5.26. The highest BCUT2D eigenvalue weighted by Gasteiger charge is 2.32. The Morgan fingerprint density at radius 3 is 2.77 bits per heavy atom. The van der Waals surface area contributed by atoms with Gasteiger partial charge in [0.05, 0.1) is 7.11 Å². The highest BCUT2D eigenvalue weighted by atomic mass is 16.5. The number of nitrogens with zero attached hydrogens (tertiary/aromatic N) is 1. The molecule has 4 rings (SSSR count). The molecule has 0 radical (unpaired) electrons. The maximum atomic E-state index is 13.1. The van der Waals surface area contributed by atoms with Crippen LogP contribution in [-0.4, -0.2) is 23.6 Å². The van der Waals surface area contributed by atoms with Crippen molar-refractivity contribution >= 4 is 11.6 Å². The molecular formula is C27H29NO3. The van der Waals surface area contributed by atoms with Crippen molar-refractivity contribution in [1.29, 1.82) is 0 Å². The summed E-state index contributed by atoms with van der Waals surface area (Å²) in [6, 6.07) is 14.1. The van der Waals surface area contributed by atoms with Crippen LogP contribution in [0.2, 0.25) is 0 Å². The van der Waals surface area contributed by atoms with Crippen LogP contribution >= 0.6 is 0 Å². The molecule has 2 aromatic rings. The zero-order chi connectivity index (χ0) is 22.0. The van der Waals surface area contributed by atoms with Gasteiger partial charge in [-0.3, -0.25) is 9.59 Å². The molecule has 0 aromatic heterocycles. The summed E-state index contributed by atoms with van der Waals surface area (Å²) < 4.78 is 5.29. The molecule has 31 heavy (non-hydrogen) atoms. The summed E-state index contributed by atoms with van der Waals surface area (Å²) in [4.78, 5) is 27.6. The Labute approximate surface area is 184 Å². The SMILES string of the molecule is COc1ccc2c(c1)CCC(CC1C=CN(Cc3cccc(C)c3)C=C1C(C)=O)C2=O. The van der Waals surface area contributed by atoms with Crippen LogP contribution in [0.3, 0.4) is 0 Å². The predicted molar refractivity (Wildman–Crippen MR) is 122 cm³/mol. The number of hydrogen-bond acceptors (Lipinski definition) is 4. The fourth-order valence-electron chi connectivity index (χ4n) is 4.67. The molecule has 0 bridgehead atoms. The monoisotopic (exact) mass is 415 g/mol. The van der Waals surface area contributed by atoms with Crippen LogP contribution in [0.5, 0.6) is 5.75 Å². The minimum absolute atomic E-state index is 0.0278. The summed E-state index contributed by atoms with van der Waals surface area (Å²) in [5.74, 6) is 0.941. The number of fused-ring (bicyclic) bond motifs is 1. The molecule has 0 saturated carbocycles. The average Bonchev–Trinajstić information content (AvgIpc) is 2.76. The van der Waals surface area contributed by atoms with E-state index in [2.05, 4.69) is 42.2 Å². The third-order valence-corrected chi connectivity index (χ3v) is 6.32. The summed E-state index contributed by atoms with van der Waals surface area (Å²) in [7, 11) is 1.64. The molecule has 0 spiro atoms. The molecule has 160 valence electrons. The Morgan fingerprint density at radius 1 is 1.19 bits per heavy atom. The van der Waals surface area contributed by atoms with Crippen LogP contribution in [0, 0.1) is 18.8 Å². The average molecular weight is 416 g/mol. The maximum Gasteiger partial charge on any atom is 0.166 e. The highest BCUT2D eigenvalue weighted by molar-refractivity contribution is 6.00. The number of methoxy groups -OCH3 is 1. The molecule has 2 atom stereocenters. The Balaban J connectivity index is 1.49. The molecule has 1 aliphatic heterocycles. The molecule has 1 aliphatic carbocycles. The van der Waals surface area contributed by atoms with Gasteiger partial charge in [-0.25, -0.2) is 0 Å². The number of carbonyl (C=O) groups is 2. The van der Waals surface area contributed by atoms with Crippen molar-refractivity contribution in [3.8, 4) is 5.75 Å². The van der Waals surface area contributed by atoms with Gasteiger partial charge in [0, 0.05) is 41.9 Å². The first kappa shape index (κ1) is 21.1. The summed E-state index contributed by atoms with van der Waals surface area (Å²) in [6.07, 6.45) is 8.43. The third kappa shape index (κ3) is 4.63. The second-order valence-electron chi connectivity index (χ2n) is 8.61. The lowest BCUT2D eigenvalue weighted by molar-refractivity contribution is -0.114. The second kappa shape index (κ2) is 8.93. The van der Waals surface area contributed by atoms with Gasteiger partial charge in [-0.1, -0.05) is 35.9 Å². The van der Waals surface area contributed by atoms with Gasteiger partial charge in [0.15, 0.2) is 11.6 Å². The zero-order valence-corrected chi connectivity index (χ0v) is 18.4. The quantitative estimate of drug-likeness (QED) is 0.646. The summed E-state index contributed by atoms with van der Waals surface area (Å²) in [5.41, 5.74) is 5.07. The molecular weight excluding hydrogens is 386 g/mol. The van der Waals surface area contributed by atoms with Crippen molar-refractivity contribution in [3.05, 3.63) is 88.8 Å². The molecule has 4 heteroatoms. The van der Waals surface area contributed by atoms with E-state index >= 15 is 0 Å². The van der Waals surface area contributed by atoms with Crippen LogP contribution in [0.4, 0.5) is 0 Å². The number of benzene rings is 2. The standard InChI is InChI=1S/C27H29NO3/c1-18-5-4-6-20(13-18)16-28-12-11-22(26(17-28)19(2)29)14-23-8-7-21-15-24(31-3)9-10-25(21)27(23)30/h4-6,9-13,15,17,22-23H,7-8,14,16H2,1-3H3. The molecule has 2 aromatic carbocycles. The lowest BCUT2D eigenvalue weighted by Crippen LogP contribution is -2.28. The summed E-state index contributed by atoms with van der Waals surface area (Å²) in [6.45, 7) is 4.42. The Kier molecular flexibility index (Phi) is 6.08. The van der Waals surface area contributed by atoms with Gasteiger partial charge in [0.2, 0.25) is 0 Å². The van der Waals surface area contributed by atoms with Crippen LogP contribution < -0.4 is 4.74 Å². The van der Waals surface area contributed by atoms with Crippen molar-refractivity contribution in [3.63, 3.8) is 0 Å². The normalized spacial score (nSPS) is 20.3. The van der Waals surface area contributed by atoms with Crippen molar-refractivity contribution < 1.29 is 14.3 Å². The number of rotatable bonds is 6.